The molecule has 3 aromatic rings. The average molecular weight is 401 g/mol. The van der Waals surface area contributed by atoms with Gasteiger partial charge in [0.2, 0.25) is 5.88 Å². The van der Waals surface area contributed by atoms with Gasteiger partial charge in [0.05, 0.1) is 30.7 Å². The monoisotopic (exact) mass is 401 g/mol. The van der Waals surface area contributed by atoms with Crippen LogP contribution in [0.1, 0.15) is 36.8 Å². The lowest BCUT2D eigenvalue weighted by Crippen LogP contribution is -2.29. The van der Waals surface area contributed by atoms with Gasteiger partial charge in [0.25, 0.3) is 5.91 Å². The van der Waals surface area contributed by atoms with E-state index < -0.39 is 0 Å². The van der Waals surface area contributed by atoms with E-state index >= 15 is 0 Å². The fourth-order valence-electron chi connectivity index (χ4n) is 3.21. The Hall–Kier alpha value is -4.06. The van der Waals surface area contributed by atoms with Gasteiger partial charge in [0, 0.05) is 24.4 Å². The largest absolute Gasteiger partial charge is 0.477 e. The highest BCUT2D eigenvalue weighted by atomic mass is 16.5. The highest BCUT2D eigenvalue weighted by molar-refractivity contribution is 5.94. The molecule has 0 aliphatic carbocycles. The average Bonchev–Trinajstić information content (AvgIpc) is 3.43. The Balaban J connectivity index is 1.33. The predicted octanol–water partition coefficient (Wildman–Crippen LogP) is 2.67. The van der Waals surface area contributed by atoms with Crippen molar-refractivity contribution in [2.45, 2.75) is 25.3 Å². The topological polar surface area (TPSA) is 109 Å². The van der Waals surface area contributed by atoms with Crippen LogP contribution in [-0.4, -0.2) is 43.1 Å². The Morgan fingerprint density at radius 1 is 1.27 bits per heavy atom. The Morgan fingerprint density at radius 2 is 2.17 bits per heavy atom. The number of nitrogens with zero attached hydrogens (tertiary/aromatic N) is 7. The predicted molar refractivity (Wildman–Crippen MR) is 109 cm³/mol. The fraction of sp³-hybridized carbons (Fsp3) is 0.238. The number of ether oxygens (including phenoxy) is 1. The molecule has 1 aliphatic heterocycles. The molecule has 0 saturated heterocycles. The second kappa shape index (κ2) is 8.53. The minimum Gasteiger partial charge on any atom is -0.477 e. The van der Waals surface area contributed by atoms with E-state index in [9.17, 15) is 4.79 Å². The van der Waals surface area contributed by atoms with E-state index in [0.717, 1.165) is 11.3 Å². The number of amides is 1. The fourth-order valence-corrected chi connectivity index (χ4v) is 3.21. The van der Waals surface area contributed by atoms with Gasteiger partial charge in [-0.3, -0.25) is 4.79 Å². The Labute approximate surface area is 173 Å². The van der Waals surface area contributed by atoms with Crippen molar-refractivity contribution in [3.63, 3.8) is 0 Å². The number of hydrogen-bond donors (Lipinski definition) is 0. The molecular formula is C21H19N7O2. The first-order chi connectivity index (χ1) is 14.7. The summed E-state index contributed by atoms with van der Waals surface area (Å²) in [6, 6.07) is 7.48. The standard InChI is InChI=1S/C21H19N7O2/c1-15(5-4-10-30-19-14-23-16(11-22)12-24-19)21(29)28-18(7-8-26-28)20-25-13-17-6-2-3-9-27(17)20/h2-3,6,8-9,12-14,18H,1,4-5,7,10H2. The zero-order chi connectivity index (χ0) is 20.9. The summed E-state index contributed by atoms with van der Waals surface area (Å²) in [5.41, 5.74) is 1.65. The number of hydrazone groups is 1. The molecule has 9 heteroatoms. The molecule has 1 unspecified atom stereocenters. The Bertz CT molecular complexity index is 1140. The van der Waals surface area contributed by atoms with E-state index in [4.69, 9.17) is 10.00 Å². The van der Waals surface area contributed by atoms with Crippen molar-refractivity contribution in [3.8, 4) is 11.9 Å². The molecule has 150 valence electrons. The maximum Gasteiger partial charge on any atom is 0.269 e. The molecular weight excluding hydrogens is 382 g/mol. The van der Waals surface area contributed by atoms with Gasteiger partial charge in [-0.25, -0.2) is 20.0 Å². The van der Waals surface area contributed by atoms with Crippen molar-refractivity contribution in [3.05, 3.63) is 66.7 Å². The summed E-state index contributed by atoms with van der Waals surface area (Å²) in [5.74, 6) is 0.882. The first kappa shape index (κ1) is 19.3. The van der Waals surface area contributed by atoms with Crippen LogP contribution >= 0.6 is 0 Å². The van der Waals surface area contributed by atoms with E-state index in [1.54, 1.807) is 12.4 Å². The number of hydrogen-bond acceptors (Lipinski definition) is 7. The highest BCUT2D eigenvalue weighted by Crippen LogP contribution is 2.29. The number of carbonyl (C=O) groups excluding carboxylic acids is 1. The Morgan fingerprint density at radius 3 is 2.97 bits per heavy atom. The third-order valence-corrected chi connectivity index (χ3v) is 4.72. The summed E-state index contributed by atoms with van der Waals surface area (Å²) in [7, 11) is 0. The second-order valence-corrected chi connectivity index (χ2v) is 6.72. The van der Waals surface area contributed by atoms with E-state index in [-0.39, 0.29) is 17.6 Å². The van der Waals surface area contributed by atoms with Crippen molar-refractivity contribution in [1.82, 2.24) is 24.4 Å². The molecule has 0 saturated carbocycles. The molecule has 30 heavy (non-hydrogen) atoms. The van der Waals surface area contributed by atoms with Crippen LogP contribution in [0, 0.1) is 11.3 Å². The highest BCUT2D eigenvalue weighted by Gasteiger charge is 2.32. The molecule has 0 bridgehead atoms. The maximum atomic E-state index is 12.9. The summed E-state index contributed by atoms with van der Waals surface area (Å²) < 4.78 is 7.46. The van der Waals surface area contributed by atoms with E-state index in [2.05, 4.69) is 26.6 Å². The van der Waals surface area contributed by atoms with Crippen molar-refractivity contribution in [2.75, 3.05) is 6.61 Å². The molecule has 0 spiro atoms. The van der Waals surface area contributed by atoms with Crippen LogP contribution in [0.4, 0.5) is 0 Å². The van der Waals surface area contributed by atoms with Gasteiger partial charge in [-0.2, -0.15) is 10.4 Å². The number of carbonyl (C=O) groups is 1. The van der Waals surface area contributed by atoms with Crippen LogP contribution in [0.15, 0.2) is 60.2 Å². The van der Waals surface area contributed by atoms with Crippen molar-refractivity contribution in [2.24, 2.45) is 5.10 Å². The van der Waals surface area contributed by atoms with E-state index in [1.165, 1.54) is 17.4 Å². The van der Waals surface area contributed by atoms with Crippen molar-refractivity contribution < 1.29 is 9.53 Å². The summed E-state index contributed by atoms with van der Waals surface area (Å²) in [4.78, 5) is 25.3. The smallest absolute Gasteiger partial charge is 0.269 e. The van der Waals surface area contributed by atoms with Gasteiger partial charge in [0.15, 0.2) is 5.69 Å². The first-order valence-corrected chi connectivity index (χ1v) is 9.48. The molecule has 0 aromatic carbocycles. The van der Waals surface area contributed by atoms with Crippen LogP contribution in [0.3, 0.4) is 0 Å². The van der Waals surface area contributed by atoms with E-state index in [1.807, 2.05) is 34.9 Å². The molecule has 1 atom stereocenters. The van der Waals surface area contributed by atoms with Crippen LogP contribution in [-0.2, 0) is 4.79 Å². The van der Waals surface area contributed by atoms with Crippen LogP contribution in [0.2, 0.25) is 0 Å². The van der Waals surface area contributed by atoms with E-state index in [0.29, 0.717) is 37.3 Å². The summed E-state index contributed by atoms with van der Waals surface area (Å²) in [6.07, 6.45) is 9.84. The number of aromatic nitrogens is 4. The van der Waals surface area contributed by atoms with Crippen molar-refractivity contribution >= 4 is 17.6 Å². The normalized spacial score (nSPS) is 15.3. The molecule has 3 aromatic heterocycles. The minimum atomic E-state index is -0.260. The van der Waals surface area contributed by atoms with Gasteiger partial charge >= 0.3 is 0 Å². The Kier molecular flexibility index (Phi) is 5.48. The number of rotatable bonds is 7. The van der Waals surface area contributed by atoms with Crippen LogP contribution < -0.4 is 4.74 Å². The van der Waals surface area contributed by atoms with Crippen molar-refractivity contribution in [1.29, 1.82) is 5.26 Å². The SMILES string of the molecule is C=C(CCCOc1cnc(C#N)cn1)C(=O)N1N=CCC1c1ncc2ccccn12. The maximum absolute atomic E-state index is 12.9. The summed E-state index contributed by atoms with van der Waals surface area (Å²) in [5, 5.41) is 14.4. The zero-order valence-corrected chi connectivity index (χ0v) is 16.2. The molecule has 4 rings (SSSR count). The molecule has 4 heterocycles. The van der Waals surface area contributed by atoms with Gasteiger partial charge in [0.1, 0.15) is 17.9 Å². The summed E-state index contributed by atoms with van der Waals surface area (Å²) in [6.45, 7) is 4.28. The first-order valence-electron chi connectivity index (χ1n) is 9.48. The molecule has 0 N–H and O–H groups in total. The van der Waals surface area contributed by atoms with Gasteiger partial charge in [-0.15, -0.1) is 0 Å². The third-order valence-electron chi connectivity index (χ3n) is 4.72. The van der Waals surface area contributed by atoms with Crippen LogP contribution in [0.5, 0.6) is 5.88 Å². The molecule has 0 fully saturated rings. The quantitative estimate of drug-likeness (QED) is 0.445. The lowest BCUT2D eigenvalue weighted by atomic mass is 10.1. The summed E-state index contributed by atoms with van der Waals surface area (Å²) >= 11 is 0. The minimum absolute atomic E-state index is 0.223. The number of pyridine rings is 1. The number of nitriles is 1. The molecule has 9 nitrogen and oxygen atoms in total. The van der Waals surface area contributed by atoms with Gasteiger partial charge in [-0.1, -0.05) is 12.6 Å². The molecule has 0 radical (unpaired) electrons. The van der Waals surface area contributed by atoms with Gasteiger partial charge < -0.3 is 9.14 Å². The zero-order valence-electron chi connectivity index (χ0n) is 16.2. The number of imidazole rings is 1. The second-order valence-electron chi connectivity index (χ2n) is 6.72. The number of fused-ring (bicyclic) bond motifs is 1. The van der Waals surface area contributed by atoms with Crippen LogP contribution in [0.25, 0.3) is 5.52 Å². The third kappa shape index (κ3) is 3.89. The molecule has 1 aliphatic rings. The van der Waals surface area contributed by atoms with Gasteiger partial charge in [-0.05, 0) is 25.0 Å². The lowest BCUT2D eigenvalue weighted by Gasteiger charge is -2.22. The molecule has 1 amide bonds. The lowest BCUT2D eigenvalue weighted by molar-refractivity contribution is -0.129.